The maximum absolute atomic E-state index is 12.9. The number of alkyl halides is 3. The molecule has 1 N–H and O–H groups in total. The fourth-order valence-electron chi connectivity index (χ4n) is 3.64. The van der Waals surface area contributed by atoms with Crippen LogP contribution in [0.15, 0.2) is 35.3 Å². The van der Waals surface area contributed by atoms with Gasteiger partial charge in [-0.3, -0.25) is 25.2 Å². The van der Waals surface area contributed by atoms with E-state index in [9.17, 15) is 28.1 Å². The topological polar surface area (TPSA) is 121 Å². The molecule has 0 amide bonds. The quantitative estimate of drug-likeness (QED) is 0.360. The van der Waals surface area contributed by atoms with Crippen molar-refractivity contribution >= 4 is 22.9 Å². The number of nitro benzene ring substituents is 1. The number of nitrogens with one attached hydrogen (secondary N) is 1. The number of hydrogen-bond donors (Lipinski definition) is 1. The number of hydrogen-bond acceptors (Lipinski definition) is 8. The summed E-state index contributed by atoms with van der Waals surface area (Å²) in [5.41, 5.74) is -1.19. The number of rotatable bonds is 4. The standard InChI is InChI=1S/C19H16F3N7O3/c20-19(21,22)13-1-2-15(16(7-13)29(31)32)27-5-3-26(4-6-27)11-14-8-17(30)28-18(25-14)12(9-23)10-24-28/h1-2,7-8,10,23H,3-6,11H2. The van der Waals surface area contributed by atoms with E-state index in [1.165, 1.54) is 12.3 Å². The summed E-state index contributed by atoms with van der Waals surface area (Å²) >= 11 is 0. The van der Waals surface area contributed by atoms with Gasteiger partial charge in [-0.2, -0.15) is 22.8 Å². The fraction of sp³-hybridized carbons (Fsp3) is 0.316. The van der Waals surface area contributed by atoms with E-state index in [0.717, 1.165) is 16.6 Å². The van der Waals surface area contributed by atoms with Crippen molar-refractivity contribution in [2.75, 3.05) is 31.1 Å². The Kier molecular flexibility index (Phi) is 5.36. The Morgan fingerprint density at radius 3 is 2.53 bits per heavy atom. The number of piperazine rings is 1. The maximum atomic E-state index is 12.9. The van der Waals surface area contributed by atoms with Gasteiger partial charge < -0.3 is 4.90 Å². The smallest absolute Gasteiger partial charge is 0.363 e. The molecule has 3 aromatic rings. The van der Waals surface area contributed by atoms with Gasteiger partial charge in [0.05, 0.1) is 22.4 Å². The molecule has 0 saturated carbocycles. The Bertz CT molecular complexity index is 1330. The van der Waals surface area contributed by atoms with E-state index in [1.807, 2.05) is 4.90 Å². The number of aromatic nitrogens is 3. The minimum absolute atomic E-state index is 0.134. The van der Waals surface area contributed by atoms with Crippen molar-refractivity contribution in [3.63, 3.8) is 0 Å². The SMILES string of the molecule is N=C=c1cnn2c(=O)cc(CN3CCN(c4ccc(C(F)(F)F)cc4[N+](=O)[O-])CC3)nc12. The van der Waals surface area contributed by atoms with Crippen molar-refractivity contribution in [2.45, 2.75) is 12.7 Å². The predicted octanol–water partition coefficient (Wildman–Crippen LogP) is 0.978. The van der Waals surface area contributed by atoms with E-state index in [1.54, 1.807) is 4.90 Å². The molecule has 1 saturated heterocycles. The lowest BCUT2D eigenvalue weighted by Gasteiger charge is -2.35. The van der Waals surface area contributed by atoms with Crippen LogP contribution in [-0.4, -0.2) is 56.5 Å². The molecule has 166 valence electrons. The highest BCUT2D eigenvalue weighted by Gasteiger charge is 2.34. The molecule has 1 fully saturated rings. The summed E-state index contributed by atoms with van der Waals surface area (Å²) in [6, 6.07) is 3.87. The van der Waals surface area contributed by atoms with Crippen LogP contribution in [0.25, 0.3) is 5.65 Å². The van der Waals surface area contributed by atoms with Crippen LogP contribution >= 0.6 is 0 Å². The lowest BCUT2D eigenvalue weighted by atomic mass is 10.1. The zero-order chi connectivity index (χ0) is 23.0. The van der Waals surface area contributed by atoms with E-state index in [4.69, 9.17) is 5.41 Å². The molecule has 0 spiro atoms. The Morgan fingerprint density at radius 2 is 1.91 bits per heavy atom. The molecule has 1 aliphatic heterocycles. The fourth-order valence-corrected chi connectivity index (χ4v) is 3.64. The molecule has 1 aromatic carbocycles. The van der Waals surface area contributed by atoms with E-state index < -0.39 is 22.4 Å². The van der Waals surface area contributed by atoms with Gasteiger partial charge in [-0.05, 0) is 18.0 Å². The van der Waals surface area contributed by atoms with E-state index >= 15 is 0 Å². The Balaban J connectivity index is 1.50. The summed E-state index contributed by atoms with van der Waals surface area (Å²) < 4.78 is 39.9. The first-order chi connectivity index (χ1) is 15.2. The minimum atomic E-state index is -4.67. The second-order valence-electron chi connectivity index (χ2n) is 7.23. The molecule has 4 rings (SSSR count). The lowest BCUT2D eigenvalue weighted by Crippen LogP contribution is -2.46. The van der Waals surface area contributed by atoms with Gasteiger partial charge >= 0.3 is 6.18 Å². The molecule has 0 aliphatic carbocycles. The summed E-state index contributed by atoms with van der Waals surface area (Å²) in [4.78, 5) is 30.8. The zero-order valence-electron chi connectivity index (χ0n) is 16.5. The average Bonchev–Trinajstić information content (AvgIpc) is 3.17. The van der Waals surface area contributed by atoms with Crippen molar-refractivity contribution in [1.29, 1.82) is 5.41 Å². The van der Waals surface area contributed by atoms with Gasteiger partial charge in [0.1, 0.15) is 10.9 Å². The summed E-state index contributed by atoms with van der Waals surface area (Å²) in [6.45, 7) is 1.96. The Labute approximate surface area is 177 Å². The third kappa shape index (κ3) is 4.03. The van der Waals surface area contributed by atoms with Gasteiger partial charge in [0.15, 0.2) is 5.65 Å². The highest BCUT2D eigenvalue weighted by molar-refractivity contribution is 5.65. The van der Waals surface area contributed by atoms with Crippen LogP contribution in [0.4, 0.5) is 24.5 Å². The molecule has 32 heavy (non-hydrogen) atoms. The average molecular weight is 447 g/mol. The predicted molar refractivity (Wildman–Crippen MR) is 107 cm³/mol. The van der Waals surface area contributed by atoms with Gasteiger partial charge in [-0.1, -0.05) is 0 Å². The second-order valence-corrected chi connectivity index (χ2v) is 7.23. The first-order valence-electron chi connectivity index (χ1n) is 9.47. The summed E-state index contributed by atoms with van der Waals surface area (Å²) in [5.74, 6) is 2.18. The molecule has 0 radical (unpaired) electrons. The highest BCUT2D eigenvalue weighted by Crippen LogP contribution is 2.36. The second kappa shape index (κ2) is 8.02. The molecule has 1 aliphatic rings. The molecular formula is C19H16F3N7O3. The molecule has 0 atom stereocenters. The van der Waals surface area contributed by atoms with Crippen molar-refractivity contribution in [3.05, 3.63) is 67.4 Å². The number of fused-ring (bicyclic) bond motifs is 1. The minimum Gasteiger partial charge on any atom is -0.363 e. The van der Waals surface area contributed by atoms with E-state index in [2.05, 4.69) is 16.0 Å². The summed E-state index contributed by atoms with van der Waals surface area (Å²) in [5, 5.41) is 22.8. The molecule has 13 heteroatoms. The van der Waals surface area contributed by atoms with Crippen LogP contribution in [0, 0.1) is 15.5 Å². The number of nitrogens with zero attached hydrogens (tertiary/aromatic N) is 6. The number of nitro groups is 1. The van der Waals surface area contributed by atoms with Crippen molar-refractivity contribution in [2.24, 2.45) is 0 Å². The van der Waals surface area contributed by atoms with Crippen LogP contribution in [0.2, 0.25) is 0 Å². The van der Waals surface area contributed by atoms with Gasteiger partial charge in [-0.25, -0.2) is 4.98 Å². The first-order valence-corrected chi connectivity index (χ1v) is 9.47. The van der Waals surface area contributed by atoms with Crippen LogP contribution < -0.4 is 15.7 Å². The highest BCUT2D eigenvalue weighted by atomic mass is 19.4. The molecule has 0 bridgehead atoms. The number of anilines is 1. The van der Waals surface area contributed by atoms with Crippen molar-refractivity contribution < 1.29 is 18.1 Å². The Hall–Kier alpha value is -3.83. The number of benzene rings is 1. The van der Waals surface area contributed by atoms with Gasteiger partial charge in [0.25, 0.3) is 11.2 Å². The summed E-state index contributed by atoms with van der Waals surface area (Å²) in [7, 11) is 0. The number of halogens is 3. The van der Waals surface area contributed by atoms with Gasteiger partial charge in [0, 0.05) is 44.9 Å². The molecule has 0 unspecified atom stereocenters. The molecular weight excluding hydrogens is 431 g/mol. The van der Waals surface area contributed by atoms with E-state index in [-0.39, 0.29) is 16.9 Å². The molecule has 2 aromatic heterocycles. The van der Waals surface area contributed by atoms with Gasteiger partial charge in [0.2, 0.25) is 0 Å². The van der Waals surface area contributed by atoms with Gasteiger partial charge in [-0.15, -0.1) is 0 Å². The largest absolute Gasteiger partial charge is 0.416 e. The zero-order valence-corrected chi connectivity index (χ0v) is 16.5. The van der Waals surface area contributed by atoms with Crippen molar-refractivity contribution in [1.82, 2.24) is 19.5 Å². The molecule has 3 heterocycles. The van der Waals surface area contributed by atoms with Crippen molar-refractivity contribution in [3.8, 4) is 0 Å². The lowest BCUT2D eigenvalue weighted by molar-refractivity contribution is -0.384. The Morgan fingerprint density at radius 1 is 1.19 bits per heavy atom. The van der Waals surface area contributed by atoms with Crippen LogP contribution in [0.1, 0.15) is 11.3 Å². The third-order valence-corrected chi connectivity index (χ3v) is 5.22. The van der Waals surface area contributed by atoms with Crippen LogP contribution in [0.3, 0.4) is 0 Å². The normalized spacial score (nSPS) is 15.2. The monoisotopic (exact) mass is 447 g/mol. The first kappa shape index (κ1) is 21.4. The molecule has 10 nitrogen and oxygen atoms in total. The third-order valence-electron chi connectivity index (χ3n) is 5.22. The summed E-state index contributed by atoms with van der Waals surface area (Å²) in [6.07, 6.45) is -3.34. The van der Waals surface area contributed by atoms with E-state index in [0.29, 0.717) is 49.7 Å². The van der Waals surface area contributed by atoms with Crippen LogP contribution in [0.5, 0.6) is 0 Å². The van der Waals surface area contributed by atoms with Crippen LogP contribution in [-0.2, 0) is 12.7 Å². The maximum Gasteiger partial charge on any atom is 0.416 e.